The topological polar surface area (TPSA) is 58.2 Å². The van der Waals surface area contributed by atoms with Crippen molar-refractivity contribution < 1.29 is 13.9 Å². The monoisotopic (exact) mass is 365 g/mol. The van der Waals surface area contributed by atoms with Crippen molar-refractivity contribution in [3.8, 4) is 5.75 Å². The number of rotatable bonds is 3. The molecule has 0 spiro atoms. The zero-order valence-electron chi connectivity index (χ0n) is 14.8. The number of H-pyrrole nitrogens is 1. The maximum absolute atomic E-state index is 13.9. The van der Waals surface area contributed by atoms with Crippen LogP contribution in [-0.4, -0.2) is 40.2 Å². The third-order valence-corrected chi connectivity index (χ3v) is 5.87. The SMILES string of the molecule is O=C(c1n[nH]c2ccccc12)N1C[C@@H]2CC[C@H](Oc3ccccc3F)[C@@H]2C1. The Morgan fingerprint density at radius 1 is 1.11 bits per heavy atom. The van der Waals surface area contributed by atoms with E-state index < -0.39 is 0 Å². The number of likely N-dealkylation sites (tertiary alicyclic amines) is 1. The van der Waals surface area contributed by atoms with Crippen molar-refractivity contribution in [2.75, 3.05) is 13.1 Å². The number of ether oxygens (including phenoxy) is 1. The molecule has 1 aliphatic heterocycles. The van der Waals surface area contributed by atoms with Crippen LogP contribution in [0.5, 0.6) is 5.75 Å². The van der Waals surface area contributed by atoms with E-state index in [1.807, 2.05) is 29.2 Å². The van der Waals surface area contributed by atoms with E-state index in [4.69, 9.17) is 4.74 Å². The maximum Gasteiger partial charge on any atom is 0.275 e. The molecule has 1 aliphatic carbocycles. The number of halogens is 1. The summed E-state index contributed by atoms with van der Waals surface area (Å²) in [5.74, 6) is 0.544. The number of hydrogen-bond acceptors (Lipinski definition) is 3. The molecule has 1 aromatic heterocycles. The number of benzene rings is 2. The van der Waals surface area contributed by atoms with Crippen LogP contribution in [0.3, 0.4) is 0 Å². The van der Waals surface area contributed by atoms with Crippen molar-refractivity contribution in [3.63, 3.8) is 0 Å². The van der Waals surface area contributed by atoms with Gasteiger partial charge < -0.3 is 9.64 Å². The number of fused-ring (bicyclic) bond motifs is 2. The molecule has 1 N–H and O–H groups in total. The molecule has 0 unspecified atom stereocenters. The Labute approximate surface area is 156 Å². The van der Waals surface area contributed by atoms with Crippen molar-refractivity contribution in [2.24, 2.45) is 11.8 Å². The minimum Gasteiger partial charge on any atom is -0.487 e. The highest BCUT2D eigenvalue weighted by atomic mass is 19.1. The average Bonchev–Trinajstić information content (AvgIpc) is 3.38. The summed E-state index contributed by atoms with van der Waals surface area (Å²) in [7, 11) is 0. The maximum atomic E-state index is 13.9. The van der Waals surface area contributed by atoms with Gasteiger partial charge in [-0.15, -0.1) is 0 Å². The summed E-state index contributed by atoms with van der Waals surface area (Å²) in [4.78, 5) is 14.9. The van der Waals surface area contributed by atoms with Gasteiger partial charge in [-0.1, -0.05) is 30.3 Å². The molecule has 5 rings (SSSR count). The van der Waals surface area contributed by atoms with Gasteiger partial charge in [0.15, 0.2) is 17.3 Å². The van der Waals surface area contributed by atoms with Crippen LogP contribution in [0.2, 0.25) is 0 Å². The molecule has 2 aromatic carbocycles. The molecule has 3 atom stereocenters. The standard InChI is InChI=1S/C21H20FN3O2/c22-16-6-2-4-8-19(16)27-18-10-9-13-11-25(12-15(13)18)21(26)20-14-5-1-3-7-17(14)23-24-20/h1-8,13,15,18H,9-12H2,(H,23,24)/t13-,15+,18-/m0/s1. The molecule has 0 bridgehead atoms. The second kappa shape index (κ2) is 6.37. The van der Waals surface area contributed by atoms with Crippen molar-refractivity contribution in [1.29, 1.82) is 0 Å². The molecule has 27 heavy (non-hydrogen) atoms. The van der Waals surface area contributed by atoms with Crippen LogP contribution in [0, 0.1) is 17.7 Å². The molecule has 5 nitrogen and oxygen atoms in total. The van der Waals surface area contributed by atoms with Gasteiger partial charge in [-0.25, -0.2) is 4.39 Å². The summed E-state index contributed by atoms with van der Waals surface area (Å²) >= 11 is 0. The number of para-hydroxylation sites is 2. The van der Waals surface area contributed by atoms with Gasteiger partial charge in [0.1, 0.15) is 6.10 Å². The number of carbonyl (C=O) groups excluding carboxylic acids is 1. The highest BCUT2D eigenvalue weighted by Gasteiger charge is 2.46. The summed E-state index contributed by atoms with van der Waals surface area (Å²) in [5.41, 5.74) is 1.33. The third-order valence-electron chi connectivity index (χ3n) is 5.87. The predicted molar refractivity (Wildman–Crippen MR) is 99.0 cm³/mol. The molecule has 2 heterocycles. The number of aromatic nitrogens is 2. The Morgan fingerprint density at radius 3 is 2.81 bits per heavy atom. The first-order chi connectivity index (χ1) is 13.2. The summed E-state index contributed by atoms with van der Waals surface area (Å²) in [5, 5.41) is 8.01. The minimum atomic E-state index is -0.338. The molecular weight excluding hydrogens is 345 g/mol. The van der Waals surface area contributed by atoms with E-state index in [0.29, 0.717) is 30.5 Å². The van der Waals surface area contributed by atoms with Crippen molar-refractivity contribution in [2.45, 2.75) is 18.9 Å². The summed E-state index contributed by atoms with van der Waals surface area (Å²) in [6, 6.07) is 14.2. The van der Waals surface area contributed by atoms with E-state index in [1.54, 1.807) is 18.2 Å². The fourth-order valence-corrected chi connectivity index (χ4v) is 4.51. The average molecular weight is 365 g/mol. The Kier molecular flexibility index (Phi) is 3.85. The van der Waals surface area contributed by atoms with Gasteiger partial charge in [-0.2, -0.15) is 5.10 Å². The fraction of sp³-hybridized carbons (Fsp3) is 0.333. The molecule has 1 saturated heterocycles. The Morgan fingerprint density at radius 2 is 1.93 bits per heavy atom. The van der Waals surface area contributed by atoms with Gasteiger partial charge in [0.25, 0.3) is 5.91 Å². The van der Waals surface area contributed by atoms with E-state index in [-0.39, 0.29) is 23.7 Å². The van der Waals surface area contributed by atoms with Crippen LogP contribution in [0.1, 0.15) is 23.3 Å². The molecule has 1 amide bonds. The van der Waals surface area contributed by atoms with Crippen molar-refractivity contribution in [1.82, 2.24) is 15.1 Å². The van der Waals surface area contributed by atoms with Crippen LogP contribution in [0.4, 0.5) is 4.39 Å². The first kappa shape index (κ1) is 16.3. The number of amides is 1. The Hall–Kier alpha value is -2.89. The highest BCUT2D eigenvalue weighted by molar-refractivity contribution is 6.04. The van der Waals surface area contributed by atoms with E-state index in [0.717, 1.165) is 23.7 Å². The normalized spacial score (nSPS) is 24.3. The smallest absolute Gasteiger partial charge is 0.275 e. The van der Waals surface area contributed by atoms with Gasteiger partial charge in [0.2, 0.25) is 0 Å². The molecular formula is C21H20FN3O2. The highest BCUT2D eigenvalue weighted by Crippen LogP contribution is 2.41. The molecule has 6 heteroatoms. The van der Waals surface area contributed by atoms with Crippen LogP contribution < -0.4 is 4.74 Å². The van der Waals surface area contributed by atoms with E-state index in [9.17, 15) is 9.18 Å². The molecule has 2 fully saturated rings. The second-order valence-corrected chi connectivity index (χ2v) is 7.42. The zero-order valence-corrected chi connectivity index (χ0v) is 14.8. The lowest BCUT2D eigenvalue weighted by molar-refractivity contribution is 0.0757. The molecule has 3 aromatic rings. The lowest BCUT2D eigenvalue weighted by atomic mass is 9.99. The summed E-state index contributed by atoms with van der Waals surface area (Å²) in [6.45, 7) is 1.34. The number of nitrogens with zero attached hydrogens (tertiary/aromatic N) is 2. The van der Waals surface area contributed by atoms with Gasteiger partial charge in [-0.3, -0.25) is 9.89 Å². The summed E-state index contributed by atoms with van der Waals surface area (Å²) in [6.07, 6.45) is 1.84. The van der Waals surface area contributed by atoms with Crippen LogP contribution in [0.25, 0.3) is 10.9 Å². The quantitative estimate of drug-likeness (QED) is 0.771. The van der Waals surface area contributed by atoms with E-state index in [1.165, 1.54) is 6.07 Å². The first-order valence-electron chi connectivity index (χ1n) is 9.34. The lowest BCUT2D eigenvalue weighted by Crippen LogP contribution is -2.32. The van der Waals surface area contributed by atoms with Crippen LogP contribution in [0.15, 0.2) is 48.5 Å². The first-order valence-corrected chi connectivity index (χ1v) is 9.34. The molecule has 1 saturated carbocycles. The fourth-order valence-electron chi connectivity index (χ4n) is 4.51. The van der Waals surface area contributed by atoms with E-state index in [2.05, 4.69) is 10.2 Å². The van der Waals surface area contributed by atoms with Gasteiger partial charge in [0.05, 0.1) is 5.52 Å². The largest absolute Gasteiger partial charge is 0.487 e. The number of carbonyl (C=O) groups is 1. The van der Waals surface area contributed by atoms with Crippen LogP contribution >= 0.6 is 0 Å². The van der Waals surface area contributed by atoms with Crippen LogP contribution in [-0.2, 0) is 0 Å². The Bertz CT molecular complexity index is 1000. The van der Waals surface area contributed by atoms with Gasteiger partial charge in [0, 0.05) is 24.4 Å². The summed E-state index contributed by atoms with van der Waals surface area (Å²) < 4.78 is 19.9. The van der Waals surface area contributed by atoms with Gasteiger partial charge in [-0.05, 0) is 37.0 Å². The zero-order chi connectivity index (χ0) is 18.4. The van der Waals surface area contributed by atoms with E-state index >= 15 is 0 Å². The number of hydrogen-bond donors (Lipinski definition) is 1. The Balaban J connectivity index is 1.33. The number of nitrogens with one attached hydrogen (secondary N) is 1. The minimum absolute atomic E-state index is 0.0495. The predicted octanol–water partition coefficient (Wildman–Crippen LogP) is 3.63. The van der Waals surface area contributed by atoms with Crippen molar-refractivity contribution in [3.05, 3.63) is 60.0 Å². The van der Waals surface area contributed by atoms with Gasteiger partial charge >= 0.3 is 0 Å². The molecule has 138 valence electrons. The second-order valence-electron chi connectivity index (χ2n) is 7.42. The van der Waals surface area contributed by atoms with Crippen molar-refractivity contribution >= 4 is 16.8 Å². The third kappa shape index (κ3) is 2.76. The lowest BCUT2D eigenvalue weighted by Gasteiger charge is -2.22. The number of aromatic amines is 1. The molecule has 2 aliphatic rings. The molecule has 0 radical (unpaired) electrons.